The molecule has 0 fully saturated rings. The van der Waals surface area contributed by atoms with Crippen LogP contribution in [-0.2, 0) is 11.3 Å². The van der Waals surface area contributed by atoms with Crippen LogP contribution in [0.25, 0.3) is 0 Å². The number of hydrogen-bond donors (Lipinski definition) is 2. The second-order valence-electron chi connectivity index (χ2n) is 3.63. The fourth-order valence-corrected chi connectivity index (χ4v) is 2.20. The monoisotopic (exact) mass is 332 g/mol. The van der Waals surface area contributed by atoms with Crippen molar-refractivity contribution in [2.75, 3.05) is 11.1 Å². The molecule has 0 atom stereocenters. The molecular formula is C11H10Cl2N4O2S. The third-order valence-corrected chi connectivity index (χ3v) is 3.54. The van der Waals surface area contributed by atoms with E-state index in [1.807, 2.05) is 0 Å². The van der Waals surface area contributed by atoms with E-state index in [-0.39, 0.29) is 23.4 Å². The lowest BCUT2D eigenvalue weighted by molar-refractivity contribution is -0.113. The van der Waals surface area contributed by atoms with Gasteiger partial charge in [-0.1, -0.05) is 35.0 Å². The second-order valence-corrected chi connectivity index (χ2v) is 5.40. The maximum atomic E-state index is 11.8. The van der Waals surface area contributed by atoms with Crippen LogP contribution in [0.1, 0.15) is 5.89 Å². The number of amides is 1. The van der Waals surface area contributed by atoms with E-state index in [2.05, 4.69) is 15.5 Å². The van der Waals surface area contributed by atoms with Gasteiger partial charge >= 0.3 is 0 Å². The summed E-state index contributed by atoms with van der Waals surface area (Å²) >= 11 is 12.9. The van der Waals surface area contributed by atoms with E-state index in [1.54, 1.807) is 18.2 Å². The standard InChI is InChI=1S/C11H10Cl2N4O2S/c12-6-1-2-7(13)8(3-6)15-9(18)5-20-11-17-16-10(4-14)19-11/h1-3H,4-5,14H2,(H,15,18). The minimum absolute atomic E-state index is 0.106. The second kappa shape index (κ2) is 6.94. The van der Waals surface area contributed by atoms with Crippen molar-refractivity contribution in [1.29, 1.82) is 0 Å². The average Bonchev–Trinajstić information content (AvgIpc) is 2.89. The highest BCUT2D eigenvalue weighted by Crippen LogP contribution is 2.26. The van der Waals surface area contributed by atoms with Crippen LogP contribution < -0.4 is 11.1 Å². The maximum absolute atomic E-state index is 11.8. The first-order chi connectivity index (χ1) is 9.58. The Morgan fingerprint density at radius 2 is 2.20 bits per heavy atom. The number of carbonyl (C=O) groups excluding carboxylic acids is 1. The number of rotatable bonds is 5. The molecule has 2 aromatic rings. The molecule has 2 rings (SSSR count). The zero-order valence-electron chi connectivity index (χ0n) is 10.1. The fraction of sp³-hybridized carbons (Fsp3) is 0.182. The largest absolute Gasteiger partial charge is 0.415 e. The Morgan fingerprint density at radius 3 is 2.90 bits per heavy atom. The van der Waals surface area contributed by atoms with Crippen LogP contribution in [0.3, 0.4) is 0 Å². The van der Waals surface area contributed by atoms with E-state index in [9.17, 15) is 4.79 Å². The van der Waals surface area contributed by atoms with Crippen molar-refractivity contribution in [2.24, 2.45) is 5.73 Å². The molecule has 0 unspecified atom stereocenters. The Balaban J connectivity index is 1.90. The molecule has 0 aliphatic carbocycles. The van der Waals surface area contributed by atoms with Crippen molar-refractivity contribution in [3.63, 3.8) is 0 Å². The highest BCUT2D eigenvalue weighted by atomic mass is 35.5. The van der Waals surface area contributed by atoms with Crippen molar-refractivity contribution < 1.29 is 9.21 Å². The van der Waals surface area contributed by atoms with Gasteiger partial charge in [0.2, 0.25) is 11.8 Å². The number of anilines is 1. The molecular weight excluding hydrogens is 323 g/mol. The smallest absolute Gasteiger partial charge is 0.277 e. The minimum Gasteiger partial charge on any atom is -0.415 e. The summed E-state index contributed by atoms with van der Waals surface area (Å²) in [4.78, 5) is 11.8. The molecule has 0 radical (unpaired) electrons. The summed E-state index contributed by atoms with van der Waals surface area (Å²) in [6.45, 7) is 0.165. The molecule has 106 valence electrons. The van der Waals surface area contributed by atoms with Gasteiger partial charge < -0.3 is 15.5 Å². The van der Waals surface area contributed by atoms with Crippen molar-refractivity contribution in [3.8, 4) is 0 Å². The third-order valence-electron chi connectivity index (χ3n) is 2.15. The van der Waals surface area contributed by atoms with Gasteiger partial charge in [0.1, 0.15) is 0 Å². The maximum Gasteiger partial charge on any atom is 0.277 e. The molecule has 1 aromatic carbocycles. The molecule has 6 nitrogen and oxygen atoms in total. The lowest BCUT2D eigenvalue weighted by atomic mass is 10.3. The molecule has 0 aliphatic rings. The van der Waals surface area contributed by atoms with Gasteiger partial charge in [0.15, 0.2) is 0 Å². The molecule has 0 saturated carbocycles. The van der Waals surface area contributed by atoms with Crippen molar-refractivity contribution in [1.82, 2.24) is 10.2 Å². The fourth-order valence-electron chi connectivity index (χ4n) is 1.29. The molecule has 1 amide bonds. The van der Waals surface area contributed by atoms with Crippen molar-refractivity contribution in [3.05, 3.63) is 34.1 Å². The zero-order chi connectivity index (χ0) is 14.5. The lowest BCUT2D eigenvalue weighted by Crippen LogP contribution is -2.14. The summed E-state index contributed by atoms with van der Waals surface area (Å²) in [5.41, 5.74) is 5.80. The normalized spacial score (nSPS) is 10.6. The number of carbonyl (C=O) groups is 1. The van der Waals surface area contributed by atoms with E-state index in [0.717, 1.165) is 11.8 Å². The summed E-state index contributed by atoms with van der Waals surface area (Å²) < 4.78 is 5.16. The van der Waals surface area contributed by atoms with Crippen LogP contribution in [0.4, 0.5) is 5.69 Å². The quantitative estimate of drug-likeness (QED) is 0.817. The van der Waals surface area contributed by atoms with Gasteiger partial charge in [-0.3, -0.25) is 4.79 Å². The minimum atomic E-state index is -0.258. The van der Waals surface area contributed by atoms with E-state index < -0.39 is 0 Å². The summed E-state index contributed by atoms with van der Waals surface area (Å²) in [5, 5.41) is 11.3. The lowest BCUT2D eigenvalue weighted by Gasteiger charge is -2.06. The van der Waals surface area contributed by atoms with Crippen LogP contribution in [0, 0.1) is 0 Å². The number of nitrogens with one attached hydrogen (secondary N) is 1. The Bertz CT molecular complexity index is 620. The first-order valence-corrected chi connectivity index (χ1v) is 7.23. The molecule has 3 N–H and O–H groups in total. The molecule has 0 spiro atoms. The number of hydrogen-bond acceptors (Lipinski definition) is 6. The molecule has 0 saturated heterocycles. The van der Waals surface area contributed by atoms with E-state index in [0.29, 0.717) is 21.6 Å². The van der Waals surface area contributed by atoms with Crippen LogP contribution in [0.2, 0.25) is 10.0 Å². The molecule has 20 heavy (non-hydrogen) atoms. The summed E-state index contributed by atoms with van der Waals surface area (Å²) in [6, 6.07) is 4.82. The Kier molecular flexibility index (Phi) is 5.24. The van der Waals surface area contributed by atoms with E-state index >= 15 is 0 Å². The highest BCUT2D eigenvalue weighted by Gasteiger charge is 2.10. The predicted octanol–water partition coefficient (Wildman–Crippen LogP) is 2.57. The summed E-state index contributed by atoms with van der Waals surface area (Å²) in [7, 11) is 0. The van der Waals surface area contributed by atoms with Crippen LogP contribution in [0.5, 0.6) is 0 Å². The van der Waals surface area contributed by atoms with Gasteiger partial charge in [-0.15, -0.1) is 10.2 Å². The number of nitrogens with two attached hydrogens (primary N) is 1. The number of benzene rings is 1. The summed E-state index contributed by atoms with van der Waals surface area (Å²) in [6.07, 6.45) is 0. The van der Waals surface area contributed by atoms with E-state index in [1.165, 1.54) is 0 Å². The zero-order valence-corrected chi connectivity index (χ0v) is 12.4. The molecule has 1 heterocycles. The predicted molar refractivity (Wildman–Crippen MR) is 78.0 cm³/mol. The summed E-state index contributed by atoms with van der Waals surface area (Å²) in [5.74, 6) is 0.173. The van der Waals surface area contributed by atoms with E-state index in [4.69, 9.17) is 33.4 Å². The van der Waals surface area contributed by atoms with Crippen LogP contribution in [0.15, 0.2) is 27.8 Å². The first-order valence-electron chi connectivity index (χ1n) is 5.48. The first kappa shape index (κ1) is 15.1. The van der Waals surface area contributed by atoms with Crippen LogP contribution in [-0.4, -0.2) is 21.9 Å². The van der Waals surface area contributed by atoms with Gasteiger partial charge in [0, 0.05) is 5.02 Å². The number of aromatic nitrogens is 2. The average molecular weight is 333 g/mol. The Labute approximate surface area is 129 Å². The van der Waals surface area contributed by atoms with Gasteiger partial charge in [0.05, 0.1) is 23.0 Å². The molecule has 0 bridgehead atoms. The van der Waals surface area contributed by atoms with Gasteiger partial charge in [0.25, 0.3) is 5.22 Å². The SMILES string of the molecule is NCc1nnc(SCC(=O)Nc2cc(Cl)ccc2Cl)o1. The Morgan fingerprint density at radius 1 is 1.40 bits per heavy atom. The molecule has 9 heteroatoms. The van der Waals surface area contributed by atoms with Gasteiger partial charge in [-0.05, 0) is 18.2 Å². The topological polar surface area (TPSA) is 94.0 Å². The number of thioether (sulfide) groups is 1. The number of halogens is 2. The van der Waals surface area contributed by atoms with Crippen molar-refractivity contribution >= 4 is 46.6 Å². The highest BCUT2D eigenvalue weighted by molar-refractivity contribution is 7.99. The number of nitrogens with zero attached hydrogens (tertiary/aromatic N) is 2. The molecule has 1 aromatic heterocycles. The van der Waals surface area contributed by atoms with Gasteiger partial charge in [-0.2, -0.15) is 0 Å². The van der Waals surface area contributed by atoms with Crippen LogP contribution >= 0.6 is 35.0 Å². The third kappa shape index (κ3) is 4.11. The van der Waals surface area contributed by atoms with Gasteiger partial charge in [-0.25, -0.2) is 0 Å². The Hall–Kier alpha value is -1.28. The molecule has 0 aliphatic heterocycles. The van der Waals surface area contributed by atoms with Crippen molar-refractivity contribution in [2.45, 2.75) is 11.8 Å².